The maximum atomic E-state index is 5.73. The van der Waals surface area contributed by atoms with Crippen LogP contribution in [0.15, 0.2) is 24.3 Å². The van der Waals surface area contributed by atoms with Crippen molar-refractivity contribution in [2.75, 3.05) is 18.8 Å². The van der Waals surface area contributed by atoms with E-state index in [0.29, 0.717) is 0 Å². The maximum absolute atomic E-state index is 5.73. The van der Waals surface area contributed by atoms with E-state index in [0.717, 1.165) is 18.8 Å². The molecule has 0 saturated carbocycles. The summed E-state index contributed by atoms with van der Waals surface area (Å²) in [6.45, 7) is 7.92. The fourth-order valence-corrected chi connectivity index (χ4v) is 2.70. The van der Waals surface area contributed by atoms with Crippen molar-refractivity contribution in [1.29, 1.82) is 0 Å². The quantitative estimate of drug-likeness (QED) is 0.422. The highest BCUT2D eigenvalue weighted by Gasteiger charge is 2.03. The zero-order chi connectivity index (χ0) is 15.3. The van der Waals surface area contributed by atoms with Crippen LogP contribution in [0.1, 0.15) is 70.8 Å². The van der Waals surface area contributed by atoms with E-state index in [1.54, 1.807) is 0 Å². The Balaban J connectivity index is 2.09. The van der Waals surface area contributed by atoms with Crippen molar-refractivity contribution in [1.82, 2.24) is 4.90 Å². The van der Waals surface area contributed by atoms with Crippen LogP contribution in [0.3, 0.4) is 0 Å². The Bertz CT molecular complexity index is 345. The summed E-state index contributed by atoms with van der Waals surface area (Å²) < 4.78 is 0. The predicted octanol–water partition coefficient (Wildman–Crippen LogP) is 5.23. The van der Waals surface area contributed by atoms with Crippen molar-refractivity contribution in [2.45, 2.75) is 71.8 Å². The molecule has 0 spiro atoms. The smallest absolute Gasteiger partial charge is 0.0314 e. The average molecular weight is 290 g/mol. The first kappa shape index (κ1) is 18.0. The molecule has 0 aromatic heterocycles. The molecular formula is C19H34N2. The van der Waals surface area contributed by atoms with Crippen LogP contribution in [0, 0.1) is 0 Å². The third-order valence-corrected chi connectivity index (χ3v) is 4.16. The van der Waals surface area contributed by atoms with E-state index in [4.69, 9.17) is 5.73 Å². The van der Waals surface area contributed by atoms with Crippen LogP contribution in [0.2, 0.25) is 0 Å². The zero-order valence-electron chi connectivity index (χ0n) is 14.1. The van der Waals surface area contributed by atoms with Gasteiger partial charge in [-0.1, -0.05) is 70.9 Å². The molecule has 2 nitrogen and oxygen atoms in total. The molecule has 0 aliphatic heterocycles. The fourth-order valence-electron chi connectivity index (χ4n) is 2.70. The van der Waals surface area contributed by atoms with Gasteiger partial charge in [0.05, 0.1) is 0 Å². The Morgan fingerprint density at radius 1 is 0.810 bits per heavy atom. The third-order valence-electron chi connectivity index (χ3n) is 4.16. The standard InChI is InChI=1S/C19H34N2/c1-3-5-6-7-8-9-10-11-16-21(4-2)17-18-12-14-19(20)15-13-18/h12-15H,3-11,16-17,20H2,1-2H3. The number of nitrogens with two attached hydrogens (primary N) is 1. The molecule has 120 valence electrons. The van der Waals surface area contributed by atoms with Gasteiger partial charge in [-0.05, 0) is 37.2 Å². The number of unbranched alkanes of at least 4 members (excludes halogenated alkanes) is 7. The Kier molecular flexibility index (Phi) is 9.98. The van der Waals surface area contributed by atoms with Crippen LogP contribution in [-0.4, -0.2) is 18.0 Å². The Morgan fingerprint density at radius 2 is 1.38 bits per heavy atom. The molecular weight excluding hydrogens is 256 g/mol. The van der Waals surface area contributed by atoms with E-state index in [-0.39, 0.29) is 0 Å². The molecule has 0 saturated heterocycles. The van der Waals surface area contributed by atoms with Crippen LogP contribution in [-0.2, 0) is 6.54 Å². The van der Waals surface area contributed by atoms with E-state index in [1.807, 2.05) is 12.1 Å². The summed E-state index contributed by atoms with van der Waals surface area (Å²) in [4.78, 5) is 2.53. The van der Waals surface area contributed by atoms with Crippen LogP contribution in [0.5, 0.6) is 0 Å². The van der Waals surface area contributed by atoms with E-state index >= 15 is 0 Å². The Morgan fingerprint density at radius 3 is 1.95 bits per heavy atom. The van der Waals surface area contributed by atoms with Crippen LogP contribution >= 0.6 is 0 Å². The molecule has 0 heterocycles. The first-order chi connectivity index (χ1) is 10.3. The van der Waals surface area contributed by atoms with Gasteiger partial charge < -0.3 is 5.73 Å². The van der Waals surface area contributed by atoms with Crippen LogP contribution < -0.4 is 5.73 Å². The van der Waals surface area contributed by atoms with E-state index in [9.17, 15) is 0 Å². The lowest BCUT2D eigenvalue weighted by Crippen LogP contribution is -2.24. The second-order valence-electron chi connectivity index (χ2n) is 6.09. The molecule has 0 amide bonds. The first-order valence-electron chi connectivity index (χ1n) is 8.83. The van der Waals surface area contributed by atoms with Gasteiger partial charge in [0.15, 0.2) is 0 Å². The summed E-state index contributed by atoms with van der Waals surface area (Å²) in [7, 11) is 0. The highest BCUT2D eigenvalue weighted by molar-refractivity contribution is 5.39. The lowest BCUT2D eigenvalue weighted by molar-refractivity contribution is 0.272. The SMILES string of the molecule is CCCCCCCCCCN(CC)Cc1ccc(N)cc1. The van der Waals surface area contributed by atoms with E-state index < -0.39 is 0 Å². The van der Waals surface area contributed by atoms with Crippen molar-refractivity contribution < 1.29 is 0 Å². The molecule has 1 aromatic carbocycles. The van der Waals surface area contributed by atoms with E-state index in [2.05, 4.69) is 30.9 Å². The Labute approximate surface area is 131 Å². The van der Waals surface area contributed by atoms with Gasteiger partial charge >= 0.3 is 0 Å². The van der Waals surface area contributed by atoms with Crippen LogP contribution in [0.25, 0.3) is 0 Å². The van der Waals surface area contributed by atoms with Gasteiger partial charge in [0.25, 0.3) is 0 Å². The maximum Gasteiger partial charge on any atom is 0.0314 e. The van der Waals surface area contributed by atoms with Gasteiger partial charge in [-0.15, -0.1) is 0 Å². The largest absolute Gasteiger partial charge is 0.399 e. The summed E-state index contributed by atoms with van der Waals surface area (Å²) in [5.74, 6) is 0. The topological polar surface area (TPSA) is 29.3 Å². The molecule has 2 N–H and O–H groups in total. The number of nitrogen functional groups attached to an aromatic ring is 1. The molecule has 21 heavy (non-hydrogen) atoms. The van der Waals surface area contributed by atoms with Crippen molar-refractivity contribution in [3.8, 4) is 0 Å². The molecule has 1 rings (SSSR count). The third kappa shape index (κ3) is 8.77. The number of benzene rings is 1. The zero-order valence-corrected chi connectivity index (χ0v) is 14.1. The minimum absolute atomic E-state index is 0.852. The van der Waals surface area contributed by atoms with Gasteiger partial charge in [-0.25, -0.2) is 0 Å². The second-order valence-corrected chi connectivity index (χ2v) is 6.09. The number of nitrogens with zero attached hydrogens (tertiary/aromatic N) is 1. The second kappa shape index (κ2) is 11.6. The molecule has 0 atom stereocenters. The molecule has 2 heteroatoms. The average Bonchev–Trinajstić information content (AvgIpc) is 2.50. The number of anilines is 1. The highest BCUT2D eigenvalue weighted by atomic mass is 15.1. The monoisotopic (exact) mass is 290 g/mol. The summed E-state index contributed by atoms with van der Waals surface area (Å²) in [6.07, 6.45) is 11.1. The molecule has 0 aliphatic rings. The van der Waals surface area contributed by atoms with Crippen LogP contribution in [0.4, 0.5) is 5.69 Å². The molecule has 0 radical (unpaired) electrons. The number of hydrogen-bond donors (Lipinski definition) is 1. The van der Waals surface area contributed by atoms with Crippen molar-refractivity contribution in [2.24, 2.45) is 0 Å². The van der Waals surface area contributed by atoms with Crippen molar-refractivity contribution in [3.05, 3.63) is 29.8 Å². The highest BCUT2D eigenvalue weighted by Crippen LogP contribution is 2.11. The Hall–Kier alpha value is -1.02. The normalized spacial score (nSPS) is 11.2. The van der Waals surface area contributed by atoms with Gasteiger partial charge in [0.1, 0.15) is 0 Å². The lowest BCUT2D eigenvalue weighted by atomic mass is 10.1. The summed E-state index contributed by atoms with van der Waals surface area (Å²) >= 11 is 0. The van der Waals surface area contributed by atoms with Gasteiger partial charge in [-0.3, -0.25) is 4.90 Å². The predicted molar refractivity (Wildman–Crippen MR) is 94.4 cm³/mol. The minimum Gasteiger partial charge on any atom is -0.399 e. The lowest BCUT2D eigenvalue weighted by Gasteiger charge is -2.20. The van der Waals surface area contributed by atoms with Gasteiger partial charge in [-0.2, -0.15) is 0 Å². The number of hydrogen-bond acceptors (Lipinski definition) is 2. The van der Waals surface area contributed by atoms with Crippen molar-refractivity contribution >= 4 is 5.69 Å². The van der Waals surface area contributed by atoms with Gasteiger partial charge in [0, 0.05) is 12.2 Å². The fraction of sp³-hybridized carbons (Fsp3) is 0.684. The van der Waals surface area contributed by atoms with Gasteiger partial charge in [0.2, 0.25) is 0 Å². The van der Waals surface area contributed by atoms with E-state index in [1.165, 1.54) is 63.5 Å². The first-order valence-corrected chi connectivity index (χ1v) is 8.83. The molecule has 0 aliphatic carbocycles. The molecule has 0 fully saturated rings. The van der Waals surface area contributed by atoms with Crippen molar-refractivity contribution in [3.63, 3.8) is 0 Å². The molecule has 1 aromatic rings. The summed E-state index contributed by atoms with van der Waals surface area (Å²) in [5, 5.41) is 0. The molecule has 0 unspecified atom stereocenters. The number of rotatable bonds is 12. The summed E-state index contributed by atoms with van der Waals surface area (Å²) in [5.41, 5.74) is 7.95. The summed E-state index contributed by atoms with van der Waals surface area (Å²) in [6, 6.07) is 8.29. The molecule has 0 bridgehead atoms. The minimum atomic E-state index is 0.852.